The number of rotatable bonds is 5. The molecule has 0 aromatic heterocycles. The maximum Gasteiger partial charge on any atom is 0.269 e. The average Bonchev–Trinajstić information content (AvgIpc) is 2.63. The molecule has 9 heteroatoms. The van der Waals surface area contributed by atoms with Crippen LogP contribution in [0.25, 0.3) is 0 Å². The lowest BCUT2D eigenvalue weighted by atomic mass is 10.1. The Labute approximate surface area is 147 Å². The summed E-state index contributed by atoms with van der Waals surface area (Å²) in [5.74, 6) is 0. The van der Waals surface area contributed by atoms with Crippen molar-refractivity contribution in [2.75, 3.05) is 39.3 Å². The minimum atomic E-state index is -3.61. The minimum Gasteiger partial charge on any atom is -0.377 e. The highest BCUT2D eigenvalue weighted by atomic mass is 32.2. The monoisotopic (exact) mass is 369 g/mol. The summed E-state index contributed by atoms with van der Waals surface area (Å²) in [5.41, 5.74) is -0.115. The lowest BCUT2D eigenvalue weighted by Crippen LogP contribution is -2.50. The second kappa shape index (κ2) is 7.77. The van der Waals surface area contributed by atoms with Crippen LogP contribution in [-0.2, 0) is 14.8 Å². The van der Waals surface area contributed by atoms with Crippen LogP contribution in [0, 0.1) is 10.1 Å². The summed E-state index contributed by atoms with van der Waals surface area (Å²) in [7, 11) is -3.61. The zero-order valence-electron chi connectivity index (χ0n) is 14.0. The van der Waals surface area contributed by atoms with E-state index < -0.39 is 14.9 Å². The third-order valence-electron chi connectivity index (χ3n) is 4.75. The van der Waals surface area contributed by atoms with E-state index in [0.717, 1.165) is 26.0 Å². The van der Waals surface area contributed by atoms with Gasteiger partial charge in [0.1, 0.15) is 0 Å². The van der Waals surface area contributed by atoms with E-state index in [0.29, 0.717) is 26.2 Å². The Morgan fingerprint density at radius 1 is 1.12 bits per heavy atom. The molecule has 2 saturated heterocycles. The number of benzene rings is 1. The number of hydrogen-bond acceptors (Lipinski definition) is 6. The first kappa shape index (κ1) is 18.2. The predicted octanol–water partition coefficient (Wildman–Crippen LogP) is 1.47. The first-order valence-corrected chi connectivity index (χ1v) is 9.99. The van der Waals surface area contributed by atoms with Crippen molar-refractivity contribution in [2.45, 2.75) is 30.3 Å². The molecule has 0 N–H and O–H groups in total. The zero-order chi connectivity index (χ0) is 17.9. The van der Waals surface area contributed by atoms with Crippen molar-refractivity contribution in [3.8, 4) is 0 Å². The van der Waals surface area contributed by atoms with E-state index in [-0.39, 0.29) is 16.7 Å². The average molecular weight is 369 g/mol. The van der Waals surface area contributed by atoms with Crippen LogP contribution in [0.2, 0.25) is 0 Å². The Morgan fingerprint density at radius 3 is 2.36 bits per heavy atom. The number of sulfonamides is 1. The number of non-ortho nitro benzene ring substituents is 1. The Morgan fingerprint density at radius 2 is 1.80 bits per heavy atom. The second-order valence-corrected chi connectivity index (χ2v) is 8.38. The summed E-state index contributed by atoms with van der Waals surface area (Å²) in [6.45, 7) is 3.86. The highest BCUT2D eigenvalue weighted by Gasteiger charge is 2.30. The summed E-state index contributed by atoms with van der Waals surface area (Å²) >= 11 is 0. The number of nitrogens with zero attached hydrogens (tertiary/aromatic N) is 3. The van der Waals surface area contributed by atoms with Crippen LogP contribution in [-0.4, -0.2) is 68.0 Å². The molecule has 0 bridgehead atoms. The van der Waals surface area contributed by atoms with Gasteiger partial charge in [-0.25, -0.2) is 8.42 Å². The van der Waals surface area contributed by atoms with Gasteiger partial charge in [0.15, 0.2) is 0 Å². The van der Waals surface area contributed by atoms with Crippen LogP contribution in [0.3, 0.4) is 0 Å². The lowest BCUT2D eigenvalue weighted by molar-refractivity contribution is -0.384. The van der Waals surface area contributed by atoms with Gasteiger partial charge in [0.05, 0.1) is 15.9 Å². The van der Waals surface area contributed by atoms with E-state index in [4.69, 9.17) is 4.74 Å². The van der Waals surface area contributed by atoms with E-state index >= 15 is 0 Å². The quantitative estimate of drug-likeness (QED) is 0.576. The Kier molecular flexibility index (Phi) is 5.67. The molecule has 2 aliphatic heterocycles. The lowest BCUT2D eigenvalue weighted by Gasteiger charge is -2.36. The number of ether oxygens (including phenoxy) is 1. The van der Waals surface area contributed by atoms with Gasteiger partial charge in [0.25, 0.3) is 5.69 Å². The summed E-state index contributed by atoms with van der Waals surface area (Å²) in [4.78, 5) is 12.5. The molecule has 0 radical (unpaired) electrons. The van der Waals surface area contributed by atoms with Crippen LogP contribution in [0.1, 0.15) is 19.3 Å². The van der Waals surface area contributed by atoms with Crippen molar-refractivity contribution in [1.29, 1.82) is 0 Å². The highest BCUT2D eigenvalue weighted by molar-refractivity contribution is 7.89. The maximum absolute atomic E-state index is 12.7. The van der Waals surface area contributed by atoms with Crippen molar-refractivity contribution in [1.82, 2.24) is 9.21 Å². The third kappa shape index (κ3) is 4.35. The smallest absolute Gasteiger partial charge is 0.269 e. The van der Waals surface area contributed by atoms with Crippen molar-refractivity contribution in [2.24, 2.45) is 0 Å². The number of piperazine rings is 1. The van der Waals surface area contributed by atoms with Crippen LogP contribution >= 0.6 is 0 Å². The molecule has 0 aliphatic carbocycles. The van der Waals surface area contributed by atoms with E-state index in [1.54, 1.807) is 0 Å². The van der Waals surface area contributed by atoms with Gasteiger partial charge in [0.2, 0.25) is 10.0 Å². The fourth-order valence-electron chi connectivity index (χ4n) is 3.28. The Hall–Kier alpha value is -1.55. The van der Waals surface area contributed by atoms with Gasteiger partial charge in [-0.1, -0.05) is 0 Å². The van der Waals surface area contributed by atoms with Gasteiger partial charge < -0.3 is 4.74 Å². The normalized spacial score (nSPS) is 23.4. The van der Waals surface area contributed by atoms with Crippen molar-refractivity contribution < 1.29 is 18.1 Å². The van der Waals surface area contributed by atoms with Crippen LogP contribution < -0.4 is 0 Å². The molecule has 2 aliphatic rings. The van der Waals surface area contributed by atoms with E-state index in [1.165, 1.54) is 35.0 Å². The Bertz CT molecular complexity index is 693. The zero-order valence-corrected chi connectivity index (χ0v) is 14.9. The molecule has 0 amide bonds. The predicted molar refractivity (Wildman–Crippen MR) is 91.9 cm³/mol. The largest absolute Gasteiger partial charge is 0.377 e. The standard InChI is InChI=1S/C16H23N3O5S/c20-19(21)14-4-6-16(7-5-14)25(22,23)18-10-8-17(9-11-18)13-15-3-1-2-12-24-15/h4-7,15H,1-3,8-13H2/t15-/m1/s1. The first-order valence-electron chi connectivity index (χ1n) is 8.55. The van der Waals surface area contributed by atoms with Crippen molar-refractivity contribution in [3.05, 3.63) is 34.4 Å². The van der Waals surface area contributed by atoms with Crippen molar-refractivity contribution in [3.63, 3.8) is 0 Å². The molecule has 8 nitrogen and oxygen atoms in total. The van der Waals surface area contributed by atoms with E-state index in [2.05, 4.69) is 4.90 Å². The molecule has 1 aromatic carbocycles. The summed E-state index contributed by atoms with van der Waals surface area (Å²) in [6, 6.07) is 5.05. The minimum absolute atomic E-state index is 0.0992. The third-order valence-corrected chi connectivity index (χ3v) is 6.67. The van der Waals surface area contributed by atoms with Gasteiger partial charge in [-0.15, -0.1) is 0 Å². The summed E-state index contributed by atoms with van der Waals surface area (Å²) in [5, 5.41) is 10.7. The Balaban J connectivity index is 1.58. The maximum atomic E-state index is 12.7. The van der Waals surface area contributed by atoms with E-state index in [9.17, 15) is 18.5 Å². The van der Waals surface area contributed by atoms with Gasteiger partial charge in [-0.05, 0) is 31.4 Å². The summed E-state index contributed by atoms with van der Waals surface area (Å²) < 4.78 is 32.6. The second-order valence-electron chi connectivity index (χ2n) is 6.44. The van der Waals surface area contributed by atoms with Gasteiger partial charge >= 0.3 is 0 Å². The SMILES string of the molecule is O=[N+]([O-])c1ccc(S(=O)(=O)N2CCN(C[C@H]3CCCCO3)CC2)cc1. The highest BCUT2D eigenvalue weighted by Crippen LogP contribution is 2.21. The molecule has 2 fully saturated rings. The number of hydrogen-bond donors (Lipinski definition) is 0. The summed E-state index contributed by atoms with van der Waals surface area (Å²) in [6.07, 6.45) is 3.64. The molecule has 0 spiro atoms. The fraction of sp³-hybridized carbons (Fsp3) is 0.625. The van der Waals surface area contributed by atoms with E-state index in [1.807, 2.05) is 0 Å². The van der Waals surface area contributed by atoms with Crippen LogP contribution in [0.5, 0.6) is 0 Å². The van der Waals surface area contributed by atoms with Crippen LogP contribution in [0.15, 0.2) is 29.2 Å². The van der Waals surface area contributed by atoms with Gasteiger partial charge in [0, 0.05) is 51.5 Å². The molecular weight excluding hydrogens is 346 g/mol. The molecule has 138 valence electrons. The first-order chi connectivity index (χ1) is 12.0. The number of nitro groups is 1. The molecular formula is C16H23N3O5S. The fourth-order valence-corrected chi connectivity index (χ4v) is 4.70. The van der Waals surface area contributed by atoms with Crippen molar-refractivity contribution >= 4 is 15.7 Å². The molecule has 1 aromatic rings. The van der Waals surface area contributed by atoms with Gasteiger partial charge in [-0.3, -0.25) is 15.0 Å². The molecule has 1 atom stereocenters. The molecule has 25 heavy (non-hydrogen) atoms. The topological polar surface area (TPSA) is 93.0 Å². The molecule has 0 unspecified atom stereocenters. The number of nitro benzene ring substituents is 1. The van der Waals surface area contributed by atoms with Gasteiger partial charge in [-0.2, -0.15) is 4.31 Å². The molecule has 0 saturated carbocycles. The molecule has 3 rings (SSSR count). The van der Waals surface area contributed by atoms with Crippen LogP contribution in [0.4, 0.5) is 5.69 Å². The molecule has 2 heterocycles.